The van der Waals surface area contributed by atoms with Crippen molar-refractivity contribution in [2.45, 2.75) is 219 Å². The molecule has 0 aliphatic carbocycles. The van der Waals surface area contributed by atoms with Crippen molar-refractivity contribution in [1.29, 1.82) is 0 Å². The number of methoxy groups -OCH3 is 2. The van der Waals surface area contributed by atoms with Gasteiger partial charge in [-0.1, -0.05) is 111 Å². The van der Waals surface area contributed by atoms with Crippen LogP contribution in [0.25, 0.3) is 0 Å². The number of hydrogen-bond acceptors (Lipinski definition) is 26. The fraction of sp³-hybridized carbons (Fsp3) is 0.655. The quantitative estimate of drug-likeness (QED) is 0.0185. The maximum Gasteiger partial charge on any atom is 0.410 e. The van der Waals surface area contributed by atoms with Crippen LogP contribution in [0.15, 0.2) is 66.7 Å². The Labute approximate surface area is 763 Å². The number of urea groups is 1. The highest BCUT2D eigenvalue weighted by Gasteiger charge is 2.45. The normalized spacial score (nSPS) is 17.4. The fourth-order valence-electron chi connectivity index (χ4n) is 15.1. The molecule has 0 saturated carbocycles. The van der Waals surface area contributed by atoms with Crippen molar-refractivity contribution in [3.05, 3.63) is 77.9 Å². The number of aliphatic hydroxyl groups is 1. The van der Waals surface area contributed by atoms with Crippen LogP contribution in [0.3, 0.4) is 0 Å². The number of nitrogens with two attached hydrogens (primary N) is 1. The Morgan fingerprint density at radius 3 is 1.79 bits per heavy atom. The van der Waals surface area contributed by atoms with Gasteiger partial charge in [-0.3, -0.25) is 76.7 Å². The molecule has 0 spiro atoms. The zero-order valence-electron chi connectivity index (χ0n) is 77.3. The molecular formula is C87H136N15O28P. The maximum absolute atomic E-state index is 14.9. The lowest BCUT2D eigenvalue weighted by atomic mass is 9.89. The van der Waals surface area contributed by atoms with Crippen molar-refractivity contribution >= 4 is 108 Å². The van der Waals surface area contributed by atoms with E-state index in [9.17, 15) is 86.4 Å². The second kappa shape index (κ2) is 56.3. The van der Waals surface area contributed by atoms with Crippen LogP contribution in [-0.2, 0) is 116 Å². The third-order valence-corrected chi connectivity index (χ3v) is 23.3. The third kappa shape index (κ3) is 36.8. The molecule has 2 aromatic carbocycles. The number of anilines is 1. The standard InChI is InChI=1S/C87H136N15O28P/c1-15-54(8)75(65(123-13)48-71(108)101-36-20-24-63(101)77(124-14)55(9)78(110)92-56(10)76(109)58-21-17-16-18-22-58)99(11)84(116)73(52(4)5)98-83(115)74(53(6)7)100(12)87(119)130-50-57-25-27-59(28-26-57)93-79(111)60(23-19-34-90-86(88)118)96-82(114)72(51(2)3)97-80(112)62(47-68(105)94-61-31-38-129-85(61)117)95-67(104)32-37-125-40-42-127-44-45-128-43-41-126-39-35-89-81(113)64(102-69(106)29-30-70(102)107)49-91-66(103)33-46-131(120,121)122/h16-18,21-22,25-30,51-56,60-65,72-77,109H,15,19-20,23-24,31-50H2,1-14H3,(H,89,113)(H,91,103)(H,92,110)(H,93,111)(H,94,105)(H,95,104)(H,96,114)(H,97,112)(H,98,115)(H3,88,90,118)(H2,120,121,122)/t54-,55+,56+,60-,61-,62-,63-,64-,65+,72-,73-,74-,75-,76+,77+/m0/s1. The van der Waals surface area contributed by atoms with Crippen LogP contribution in [0, 0.1) is 29.6 Å². The van der Waals surface area contributed by atoms with Gasteiger partial charge in [0.05, 0.1) is 121 Å². The number of nitrogens with one attached hydrogen (secondary N) is 10. The second-order valence-electron chi connectivity index (χ2n) is 33.5. The first-order valence-electron chi connectivity index (χ1n) is 44.1. The Morgan fingerprint density at radius 1 is 0.618 bits per heavy atom. The number of likely N-dealkylation sites (tertiary alicyclic amines) is 1. The molecule has 15 N–H and O–H groups in total. The lowest BCUT2D eigenvalue weighted by Gasteiger charge is -2.41. The number of ether oxygens (including phenoxy) is 8. The maximum atomic E-state index is 14.9. The number of hydrogen-bond donors (Lipinski definition) is 14. The smallest absolute Gasteiger partial charge is 0.410 e. The first kappa shape index (κ1) is 111. The fourth-order valence-corrected chi connectivity index (χ4v) is 15.6. The van der Waals surface area contributed by atoms with E-state index in [1.165, 1.54) is 38.3 Å². The number of esters is 1. The molecule has 3 heterocycles. The molecule has 131 heavy (non-hydrogen) atoms. The van der Waals surface area contributed by atoms with Gasteiger partial charge in [0.15, 0.2) is 0 Å². The van der Waals surface area contributed by atoms with E-state index in [1.54, 1.807) is 104 Å². The minimum Gasteiger partial charge on any atom is -0.464 e. The van der Waals surface area contributed by atoms with E-state index < -0.39 is 219 Å². The number of carbonyl (C=O) groups is 16. The van der Waals surface area contributed by atoms with E-state index in [4.69, 9.17) is 53.4 Å². The van der Waals surface area contributed by atoms with Gasteiger partial charge in [0.1, 0.15) is 48.9 Å². The van der Waals surface area contributed by atoms with E-state index >= 15 is 0 Å². The minimum atomic E-state index is -4.49. The third-order valence-electron chi connectivity index (χ3n) is 22.5. The van der Waals surface area contributed by atoms with E-state index in [2.05, 4.69) is 53.2 Å². The van der Waals surface area contributed by atoms with Gasteiger partial charge < -0.3 is 121 Å². The van der Waals surface area contributed by atoms with Crippen molar-refractivity contribution in [2.24, 2.45) is 35.3 Å². The number of carbonyl (C=O) groups excluding carboxylic acids is 16. The zero-order valence-corrected chi connectivity index (χ0v) is 78.2. The summed E-state index contributed by atoms with van der Waals surface area (Å²) in [6.07, 6.45) is -1.93. The number of primary amides is 1. The number of amides is 16. The van der Waals surface area contributed by atoms with Crippen molar-refractivity contribution in [2.75, 3.05) is 125 Å². The molecule has 2 fully saturated rings. The molecule has 732 valence electrons. The molecule has 15 atom stereocenters. The summed E-state index contributed by atoms with van der Waals surface area (Å²) < 4.78 is 56.0. The van der Waals surface area contributed by atoms with E-state index in [1.807, 2.05) is 19.9 Å². The minimum absolute atomic E-state index is 0.00716. The summed E-state index contributed by atoms with van der Waals surface area (Å²) in [7, 11) is 1.49. The monoisotopic (exact) mass is 1870 g/mol. The van der Waals surface area contributed by atoms with Crippen molar-refractivity contribution < 1.29 is 134 Å². The second-order valence-corrected chi connectivity index (χ2v) is 35.2. The molecular weight excluding hydrogens is 1730 g/mol. The summed E-state index contributed by atoms with van der Waals surface area (Å²) in [6, 6.07) is 3.37. The molecule has 5 rings (SSSR count). The van der Waals surface area contributed by atoms with Crippen LogP contribution in [0.4, 0.5) is 15.3 Å². The molecule has 2 aromatic rings. The molecule has 43 nitrogen and oxygen atoms in total. The summed E-state index contributed by atoms with van der Waals surface area (Å²) in [6.45, 7) is 17.4. The van der Waals surface area contributed by atoms with Gasteiger partial charge in [0.2, 0.25) is 65.0 Å². The lowest BCUT2D eigenvalue weighted by molar-refractivity contribution is -0.148. The van der Waals surface area contributed by atoms with Gasteiger partial charge in [0.25, 0.3) is 11.8 Å². The lowest BCUT2D eigenvalue weighted by Crippen LogP contribution is -2.60. The molecule has 3 aliphatic rings. The summed E-state index contributed by atoms with van der Waals surface area (Å²) in [5.74, 6) is -12.4. The van der Waals surface area contributed by atoms with E-state index in [0.29, 0.717) is 41.8 Å². The number of aliphatic hydroxyl groups excluding tert-OH is 1. The topological polar surface area (TPSA) is 584 Å². The Morgan fingerprint density at radius 2 is 1.23 bits per heavy atom. The van der Waals surface area contributed by atoms with Gasteiger partial charge in [-0.25, -0.2) is 14.4 Å². The molecule has 44 heteroatoms. The van der Waals surface area contributed by atoms with Crippen LogP contribution in [0.2, 0.25) is 0 Å². The average Bonchev–Trinajstić information content (AvgIpc) is 1.78. The van der Waals surface area contributed by atoms with Gasteiger partial charge in [-0.15, -0.1) is 0 Å². The van der Waals surface area contributed by atoms with Gasteiger partial charge in [-0.05, 0) is 79.5 Å². The Bertz CT molecular complexity index is 4180. The van der Waals surface area contributed by atoms with Crippen molar-refractivity contribution in [1.82, 2.24) is 67.5 Å². The molecule has 0 radical (unpaired) electrons. The van der Waals surface area contributed by atoms with E-state index in [-0.39, 0.29) is 135 Å². The van der Waals surface area contributed by atoms with Crippen molar-refractivity contribution in [3.63, 3.8) is 0 Å². The highest BCUT2D eigenvalue weighted by Crippen LogP contribution is 2.35. The van der Waals surface area contributed by atoms with Crippen LogP contribution < -0.4 is 58.9 Å². The predicted octanol–water partition coefficient (Wildman–Crippen LogP) is 0.448. The summed E-state index contributed by atoms with van der Waals surface area (Å²) >= 11 is 0. The Hall–Kier alpha value is -10.6. The molecule has 0 unspecified atom stereocenters. The first-order chi connectivity index (χ1) is 62.0. The number of likely N-dealkylation sites (N-methyl/N-ethyl adjacent to an activating group) is 2. The number of imide groups is 1. The van der Waals surface area contributed by atoms with Gasteiger partial charge in [-0.2, -0.15) is 0 Å². The molecule has 16 amide bonds. The largest absolute Gasteiger partial charge is 0.464 e. The SMILES string of the molecule is CC[C@H](C)[C@@H]([C@@H](CC(=O)N1CCC[C@H]1[C@H](OC)[C@@H](C)C(=O)N[C@H](C)[C@@H](O)c1ccccc1)OC)N(C)C(=O)[C@@H](NC(=O)[C@H](C(C)C)N(C)C(=O)OCc1ccc(NC(=O)[C@H](CCCNC(N)=O)NC(=O)[C@@H](NC(=O)[C@H](CC(=O)N[C@H]2CCOC2=O)NC(=O)CCOCCOCCOCCOCCNC(=O)[C@H](CNC(=O)CCP(=O)(O)O)N2C(=O)C=CC2=O)C(C)C)cc1)C(C)C. The molecule has 0 bridgehead atoms. The number of benzene rings is 2. The molecule has 3 aliphatic heterocycles. The van der Waals surface area contributed by atoms with Crippen LogP contribution in [0.5, 0.6) is 0 Å². The first-order valence-corrected chi connectivity index (χ1v) is 45.9. The summed E-state index contributed by atoms with van der Waals surface area (Å²) in [5, 5.41) is 37.1. The zero-order chi connectivity index (χ0) is 97.4. The number of nitrogens with zero attached hydrogens (tertiary/aromatic N) is 4. The Balaban J connectivity index is 1.12. The van der Waals surface area contributed by atoms with Crippen LogP contribution in [0.1, 0.15) is 151 Å². The highest BCUT2D eigenvalue weighted by molar-refractivity contribution is 7.51. The van der Waals surface area contributed by atoms with E-state index in [0.717, 1.165) is 17.1 Å². The summed E-state index contributed by atoms with van der Waals surface area (Å²) in [4.78, 5) is 238. The number of cyclic esters (lactones) is 1. The van der Waals surface area contributed by atoms with Crippen LogP contribution >= 0.6 is 7.60 Å². The molecule has 0 aromatic heterocycles. The van der Waals surface area contributed by atoms with Gasteiger partial charge in [0, 0.05) is 91.6 Å². The van der Waals surface area contributed by atoms with Gasteiger partial charge >= 0.3 is 25.7 Å². The average molecular weight is 1870 g/mol. The van der Waals surface area contributed by atoms with Crippen molar-refractivity contribution in [3.8, 4) is 0 Å². The van der Waals surface area contributed by atoms with Crippen LogP contribution in [-0.4, -0.2) is 322 Å². The number of rotatable bonds is 59. The molecule has 2 saturated heterocycles. The Kier molecular flexibility index (Phi) is 47.6. The highest BCUT2D eigenvalue weighted by atomic mass is 31.2. The predicted molar refractivity (Wildman–Crippen MR) is 473 cm³/mol. The summed E-state index contributed by atoms with van der Waals surface area (Å²) in [5.41, 5.74) is 6.63.